The number of hydrogen-bond acceptors (Lipinski definition) is 3. The molecular weight excluding hydrogens is 247 g/mol. The number of halogens is 3. The molecule has 1 atom stereocenters. The third-order valence-electron chi connectivity index (χ3n) is 2.50. The first-order valence-electron chi connectivity index (χ1n) is 5.42. The molecule has 1 unspecified atom stereocenters. The molecule has 0 heterocycles. The molecule has 0 bridgehead atoms. The minimum Gasteiger partial charge on any atom is -0.496 e. The molecule has 3 nitrogen and oxygen atoms in total. The lowest BCUT2D eigenvalue weighted by Crippen LogP contribution is -2.21. The van der Waals surface area contributed by atoms with E-state index in [0.29, 0.717) is 11.3 Å². The van der Waals surface area contributed by atoms with Crippen molar-refractivity contribution in [3.05, 3.63) is 23.8 Å². The molecule has 1 rings (SSSR count). The second-order valence-corrected chi connectivity index (χ2v) is 3.79. The number of benzene rings is 1. The Morgan fingerprint density at radius 2 is 1.89 bits per heavy atom. The molecule has 0 radical (unpaired) electrons. The maximum absolute atomic E-state index is 12.2. The summed E-state index contributed by atoms with van der Waals surface area (Å²) in [5.41, 5.74) is 0.576. The van der Waals surface area contributed by atoms with E-state index >= 15 is 0 Å². The Morgan fingerprint density at radius 1 is 1.28 bits per heavy atom. The van der Waals surface area contributed by atoms with Gasteiger partial charge in [-0.2, -0.15) is 13.2 Å². The maximum atomic E-state index is 12.2. The van der Waals surface area contributed by atoms with E-state index in [2.05, 4.69) is 5.32 Å². The van der Waals surface area contributed by atoms with Crippen LogP contribution in [0, 0.1) is 0 Å². The normalized spacial score (nSPS) is 13.2. The van der Waals surface area contributed by atoms with Crippen LogP contribution in [0.15, 0.2) is 18.2 Å². The molecule has 0 saturated heterocycles. The Morgan fingerprint density at radius 3 is 2.39 bits per heavy atom. The van der Waals surface area contributed by atoms with Crippen molar-refractivity contribution < 1.29 is 22.6 Å². The molecule has 1 N–H and O–H groups in total. The second kappa shape index (κ2) is 5.95. The molecule has 0 saturated carbocycles. The number of hydrogen-bond donors (Lipinski definition) is 1. The molecule has 102 valence electrons. The zero-order chi connectivity index (χ0) is 13.8. The van der Waals surface area contributed by atoms with Gasteiger partial charge in [-0.1, -0.05) is 6.07 Å². The van der Waals surface area contributed by atoms with Crippen molar-refractivity contribution in [1.29, 1.82) is 0 Å². The molecule has 0 aliphatic heterocycles. The van der Waals surface area contributed by atoms with Gasteiger partial charge in [0.25, 0.3) is 0 Å². The highest BCUT2D eigenvalue weighted by Crippen LogP contribution is 2.34. The van der Waals surface area contributed by atoms with Crippen LogP contribution in [-0.2, 0) is 0 Å². The average molecular weight is 263 g/mol. The second-order valence-electron chi connectivity index (χ2n) is 3.79. The number of rotatable bonds is 5. The highest BCUT2D eigenvalue weighted by atomic mass is 19.4. The van der Waals surface area contributed by atoms with Gasteiger partial charge in [-0.3, -0.25) is 0 Å². The molecule has 1 aromatic carbocycles. The molecule has 1 aromatic rings. The smallest absolute Gasteiger partial charge is 0.422 e. The molecular formula is C12H16F3NO2. The van der Waals surface area contributed by atoms with Crippen LogP contribution in [0.1, 0.15) is 18.5 Å². The van der Waals surface area contributed by atoms with Crippen molar-refractivity contribution in [1.82, 2.24) is 5.32 Å². The van der Waals surface area contributed by atoms with E-state index in [0.717, 1.165) is 0 Å². The van der Waals surface area contributed by atoms with Gasteiger partial charge in [0.2, 0.25) is 0 Å². The number of ether oxygens (including phenoxy) is 2. The van der Waals surface area contributed by atoms with Crippen LogP contribution in [0.4, 0.5) is 13.2 Å². The minimum atomic E-state index is -4.36. The Bertz CT molecular complexity index is 393. The third-order valence-corrected chi connectivity index (χ3v) is 2.50. The van der Waals surface area contributed by atoms with Gasteiger partial charge in [0.15, 0.2) is 6.61 Å². The summed E-state index contributed by atoms with van der Waals surface area (Å²) < 4.78 is 46.5. The third kappa shape index (κ3) is 3.80. The van der Waals surface area contributed by atoms with Crippen molar-refractivity contribution in [2.75, 3.05) is 20.8 Å². The fraction of sp³-hybridized carbons (Fsp3) is 0.500. The summed E-state index contributed by atoms with van der Waals surface area (Å²) in [6, 6.07) is 4.60. The van der Waals surface area contributed by atoms with Gasteiger partial charge < -0.3 is 14.8 Å². The molecule has 6 heteroatoms. The Labute approximate surface area is 104 Å². The quantitative estimate of drug-likeness (QED) is 0.886. The minimum absolute atomic E-state index is 0.175. The zero-order valence-electron chi connectivity index (χ0n) is 10.5. The summed E-state index contributed by atoms with van der Waals surface area (Å²) in [5.74, 6) is 0.671. The lowest BCUT2D eigenvalue weighted by Gasteiger charge is -2.20. The molecule has 0 aliphatic rings. The Balaban J connectivity index is 3.02. The van der Waals surface area contributed by atoms with E-state index in [1.54, 1.807) is 19.2 Å². The van der Waals surface area contributed by atoms with Gasteiger partial charge in [0.1, 0.15) is 11.5 Å². The van der Waals surface area contributed by atoms with Gasteiger partial charge in [-0.25, -0.2) is 0 Å². The van der Waals surface area contributed by atoms with Gasteiger partial charge in [-0.05, 0) is 26.1 Å². The topological polar surface area (TPSA) is 30.5 Å². The SMILES string of the molecule is CNC(C)c1c(OC)cccc1OCC(F)(F)F. The fourth-order valence-corrected chi connectivity index (χ4v) is 1.56. The summed E-state index contributed by atoms with van der Waals surface area (Å²) in [6.07, 6.45) is -4.36. The van der Waals surface area contributed by atoms with Crippen molar-refractivity contribution in [3.63, 3.8) is 0 Å². The van der Waals surface area contributed by atoms with E-state index in [1.165, 1.54) is 13.2 Å². The van der Waals surface area contributed by atoms with Crippen LogP contribution in [0.2, 0.25) is 0 Å². The van der Waals surface area contributed by atoms with E-state index in [4.69, 9.17) is 9.47 Å². The largest absolute Gasteiger partial charge is 0.496 e. The predicted octanol–water partition coefficient (Wildman–Crippen LogP) is 2.92. The number of methoxy groups -OCH3 is 1. The molecule has 18 heavy (non-hydrogen) atoms. The van der Waals surface area contributed by atoms with E-state index in [1.807, 2.05) is 6.92 Å². The van der Waals surface area contributed by atoms with Gasteiger partial charge in [-0.15, -0.1) is 0 Å². The number of nitrogens with one attached hydrogen (secondary N) is 1. The molecule has 0 fully saturated rings. The van der Waals surface area contributed by atoms with Crippen LogP contribution in [-0.4, -0.2) is 26.9 Å². The molecule has 0 aromatic heterocycles. The summed E-state index contributed by atoms with van der Waals surface area (Å²) in [5, 5.41) is 2.95. The average Bonchev–Trinajstić information content (AvgIpc) is 2.33. The highest BCUT2D eigenvalue weighted by molar-refractivity contribution is 5.46. The van der Waals surface area contributed by atoms with Gasteiger partial charge in [0, 0.05) is 6.04 Å². The fourth-order valence-electron chi connectivity index (χ4n) is 1.56. The van der Waals surface area contributed by atoms with Gasteiger partial charge >= 0.3 is 6.18 Å². The standard InChI is InChI=1S/C12H16F3NO2/c1-8(16-2)11-9(17-3)5-4-6-10(11)18-7-12(13,14)15/h4-6,8,16H,7H2,1-3H3. The Kier molecular flexibility index (Phi) is 4.84. The van der Waals surface area contributed by atoms with E-state index in [-0.39, 0.29) is 11.8 Å². The van der Waals surface area contributed by atoms with Crippen LogP contribution < -0.4 is 14.8 Å². The van der Waals surface area contributed by atoms with E-state index < -0.39 is 12.8 Å². The Hall–Kier alpha value is -1.43. The first-order chi connectivity index (χ1) is 8.39. The molecule has 0 amide bonds. The van der Waals surface area contributed by atoms with Crippen LogP contribution in [0.3, 0.4) is 0 Å². The van der Waals surface area contributed by atoms with Gasteiger partial charge in [0.05, 0.1) is 12.7 Å². The van der Waals surface area contributed by atoms with Crippen LogP contribution in [0.5, 0.6) is 11.5 Å². The molecule has 0 aliphatic carbocycles. The molecule has 0 spiro atoms. The number of alkyl halides is 3. The van der Waals surface area contributed by atoms with Crippen molar-refractivity contribution in [3.8, 4) is 11.5 Å². The summed E-state index contributed by atoms with van der Waals surface area (Å²) in [7, 11) is 3.18. The first-order valence-corrected chi connectivity index (χ1v) is 5.42. The van der Waals surface area contributed by atoms with Crippen LogP contribution in [0.25, 0.3) is 0 Å². The predicted molar refractivity (Wildman–Crippen MR) is 62.0 cm³/mol. The van der Waals surface area contributed by atoms with Crippen molar-refractivity contribution in [2.24, 2.45) is 0 Å². The summed E-state index contributed by atoms with van der Waals surface area (Å²) >= 11 is 0. The zero-order valence-corrected chi connectivity index (χ0v) is 10.5. The van der Waals surface area contributed by atoms with Crippen LogP contribution >= 0.6 is 0 Å². The van der Waals surface area contributed by atoms with Crippen molar-refractivity contribution >= 4 is 0 Å². The van der Waals surface area contributed by atoms with E-state index in [9.17, 15) is 13.2 Å². The summed E-state index contributed by atoms with van der Waals surface area (Å²) in [6.45, 7) is 0.502. The lowest BCUT2D eigenvalue weighted by molar-refractivity contribution is -0.153. The summed E-state index contributed by atoms with van der Waals surface area (Å²) in [4.78, 5) is 0. The van der Waals surface area contributed by atoms with Crippen molar-refractivity contribution in [2.45, 2.75) is 19.1 Å². The maximum Gasteiger partial charge on any atom is 0.422 e. The first kappa shape index (κ1) is 14.6. The lowest BCUT2D eigenvalue weighted by atomic mass is 10.1. The monoisotopic (exact) mass is 263 g/mol. The highest BCUT2D eigenvalue weighted by Gasteiger charge is 2.29.